The van der Waals surface area contributed by atoms with Gasteiger partial charge >= 0.3 is 0 Å². The van der Waals surface area contributed by atoms with Gasteiger partial charge in [0.05, 0.1) is 33.2 Å². The Hall–Kier alpha value is -3.81. The van der Waals surface area contributed by atoms with E-state index in [-0.39, 0.29) is 5.82 Å². The predicted octanol–water partition coefficient (Wildman–Crippen LogP) is 4.17. The second kappa shape index (κ2) is 8.28. The van der Waals surface area contributed by atoms with Crippen LogP contribution in [0.5, 0.6) is 17.2 Å². The molecule has 0 saturated carbocycles. The highest BCUT2D eigenvalue weighted by molar-refractivity contribution is 5.66. The first-order valence-corrected chi connectivity index (χ1v) is 9.26. The zero-order valence-electron chi connectivity index (χ0n) is 16.8. The van der Waals surface area contributed by atoms with Crippen LogP contribution in [0, 0.1) is 5.82 Å². The third-order valence-electron chi connectivity index (χ3n) is 4.70. The van der Waals surface area contributed by atoms with Crippen molar-refractivity contribution in [1.29, 1.82) is 0 Å². The quantitative estimate of drug-likeness (QED) is 0.495. The number of hydrogen-bond acceptors (Lipinski definition) is 6. The Morgan fingerprint density at radius 2 is 1.63 bits per heavy atom. The Morgan fingerprint density at radius 3 is 2.27 bits per heavy atom. The zero-order chi connectivity index (χ0) is 21.1. The summed E-state index contributed by atoms with van der Waals surface area (Å²) in [6, 6.07) is 13.7. The van der Waals surface area contributed by atoms with Gasteiger partial charge in [-0.25, -0.2) is 9.37 Å². The van der Waals surface area contributed by atoms with Gasteiger partial charge in [0, 0.05) is 24.2 Å². The third kappa shape index (κ3) is 3.71. The summed E-state index contributed by atoms with van der Waals surface area (Å²) in [6.07, 6.45) is 1.68. The summed E-state index contributed by atoms with van der Waals surface area (Å²) < 4.78 is 31.2. The molecule has 0 saturated heterocycles. The van der Waals surface area contributed by atoms with Crippen LogP contribution in [0.2, 0.25) is 0 Å². The number of nitrogens with one attached hydrogen (secondary N) is 1. The van der Waals surface area contributed by atoms with Gasteiger partial charge in [-0.2, -0.15) is 9.61 Å². The molecule has 0 aliphatic carbocycles. The van der Waals surface area contributed by atoms with Gasteiger partial charge in [-0.15, -0.1) is 0 Å². The molecule has 0 atom stereocenters. The maximum Gasteiger partial charge on any atom is 0.203 e. The second-order valence-electron chi connectivity index (χ2n) is 6.52. The number of fused-ring (bicyclic) bond motifs is 1. The van der Waals surface area contributed by atoms with Crippen LogP contribution >= 0.6 is 0 Å². The van der Waals surface area contributed by atoms with Crippen molar-refractivity contribution < 1.29 is 18.6 Å². The molecule has 7 nitrogen and oxygen atoms in total. The summed E-state index contributed by atoms with van der Waals surface area (Å²) in [4.78, 5) is 4.61. The minimum absolute atomic E-state index is 0.287. The van der Waals surface area contributed by atoms with Crippen molar-refractivity contribution in [1.82, 2.24) is 14.6 Å². The van der Waals surface area contributed by atoms with E-state index in [1.807, 2.05) is 24.3 Å². The Morgan fingerprint density at radius 1 is 0.933 bits per heavy atom. The molecule has 1 N–H and O–H groups in total. The molecule has 8 heteroatoms. The van der Waals surface area contributed by atoms with Crippen molar-refractivity contribution in [2.45, 2.75) is 6.54 Å². The van der Waals surface area contributed by atoms with Gasteiger partial charge in [0.25, 0.3) is 0 Å². The van der Waals surface area contributed by atoms with E-state index in [2.05, 4.69) is 15.4 Å². The fourth-order valence-corrected chi connectivity index (χ4v) is 3.24. The summed E-state index contributed by atoms with van der Waals surface area (Å²) in [5.74, 6) is 2.17. The number of anilines is 1. The summed E-state index contributed by atoms with van der Waals surface area (Å²) in [5.41, 5.74) is 3.15. The fourth-order valence-electron chi connectivity index (χ4n) is 3.24. The van der Waals surface area contributed by atoms with Crippen LogP contribution in [0.1, 0.15) is 5.56 Å². The van der Waals surface area contributed by atoms with Gasteiger partial charge in [-0.3, -0.25) is 0 Å². The minimum atomic E-state index is -0.287. The van der Waals surface area contributed by atoms with E-state index in [0.717, 1.165) is 22.6 Å². The van der Waals surface area contributed by atoms with E-state index < -0.39 is 0 Å². The highest BCUT2D eigenvalue weighted by atomic mass is 19.1. The molecule has 2 aromatic carbocycles. The lowest BCUT2D eigenvalue weighted by atomic mass is 10.1. The van der Waals surface area contributed by atoms with Crippen LogP contribution in [-0.2, 0) is 6.54 Å². The van der Waals surface area contributed by atoms with Crippen molar-refractivity contribution in [2.24, 2.45) is 0 Å². The number of rotatable bonds is 7. The monoisotopic (exact) mass is 408 g/mol. The summed E-state index contributed by atoms with van der Waals surface area (Å²) in [6.45, 7) is 0.485. The summed E-state index contributed by atoms with van der Waals surface area (Å²) in [7, 11) is 4.74. The molecule has 0 bridgehead atoms. The van der Waals surface area contributed by atoms with E-state index in [0.29, 0.717) is 29.4 Å². The van der Waals surface area contributed by atoms with Crippen molar-refractivity contribution in [2.75, 3.05) is 26.6 Å². The molecular weight excluding hydrogens is 387 g/mol. The summed E-state index contributed by atoms with van der Waals surface area (Å²) in [5, 5.41) is 7.72. The molecular formula is C22H21FN4O3. The molecule has 4 aromatic rings. The molecule has 30 heavy (non-hydrogen) atoms. The van der Waals surface area contributed by atoms with Crippen molar-refractivity contribution >= 4 is 11.5 Å². The molecule has 0 spiro atoms. The first kappa shape index (κ1) is 19.5. The highest BCUT2D eigenvalue weighted by Gasteiger charge is 2.14. The van der Waals surface area contributed by atoms with Crippen LogP contribution in [0.4, 0.5) is 10.2 Å². The lowest BCUT2D eigenvalue weighted by Gasteiger charge is -2.15. The van der Waals surface area contributed by atoms with Crippen molar-refractivity contribution in [3.05, 3.63) is 66.1 Å². The maximum atomic E-state index is 13.3. The lowest BCUT2D eigenvalue weighted by Crippen LogP contribution is -2.07. The predicted molar refractivity (Wildman–Crippen MR) is 112 cm³/mol. The summed E-state index contributed by atoms with van der Waals surface area (Å²) >= 11 is 0. The molecule has 0 fully saturated rings. The fraction of sp³-hybridized carbons (Fsp3) is 0.182. The first-order chi connectivity index (χ1) is 14.6. The Bertz CT molecular complexity index is 1150. The van der Waals surface area contributed by atoms with Gasteiger partial charge in [0.1, 0.15) is 11.6 Å². The zero-order valence-corrected chi connectivity index (χ0v) is 16.8. The van der Waals surface area contributed by atoms with Crippen molar-refractivity contribution in [3.8, 4) is 28.5 Å². The second-order valence-corrected chi connectivity index (χ2v) is 6.52. The van der Waals surface area contributed by atoms with Gasteiger partial charge in [0.2, 0.25) is 5.75 Å². The number of ether oxygens (including phenoxy) is 3. The smallest absolute Gasteiger partial charge is 0.203 e. The third-order valence-corrected chi connectivity index (χ3v) is 4.70. The average Bonchev–Trinajstić information content (AvgIpc) is 3.26. The van der Waals surface area contributed by atoms with Crippen LogP contribution in [0.15, 0.2) is 54.7 Å². The molecule has 2 heterocycles. The maximum absolute atomic E-state index is 13.3. The number of benzene rings is 2. The van der Waals surface area contributed by atoms with Crippen molar-refractivity contribution in [3.63, 3.8) is 0 Å². The van der Waals surface area contributed by atoms with Gasteiger partial charge in [-0.05, 0) is 42.0 Å². The van der Waals surface area contributed by atoms with E-state index in [9.17, 15) is 4.39 Å². The number of aromatic nitrogens is 3. The highest BCUT2D eigenvalue weighted by Crippen LogP contribution is 2.38. The Kier molecular flexibility index (Phi) is 5.38. The van der Waals surface area contributed by atoms with Gasteiger partial charge < -0.3 is 19.5 Å². The first-order valence-electron chi connectivity index (χ1n) is 9.26. The average molecular weight is 408 g/mol. The number of hydrogen-bond donors (Lipinski definition) is 1. The molecule has 2 aromatic heterocycles. The lowest BCUT2D eigenvalue weighted by molar-refractivity contribution is 0.324. The number of nitrogens with zero attached hydrogens (tertiary/aromatic N) is 3. The largest absolute Gasteiger partial charge is 0.493 e. The minimum Gasteiger partial charge on any atom is -0.493 e. The van der Waals surface area contributed by atoms with Crippen LogP contribution in [0.25, 0.3) is 16.9 Å². The van der Waals surface area contributed by atoms with E-state index >= 15 is 0 Å². The van der Waals surface area contributed by atoms with E-state index in [1.165, 1.54) is 12.1 Å². The van der Waals surface area contributed by atoms with Gasteiger partial charge in [-0.1, -0.05) is 0 Å². The Labute approximate surface area is 173 Å². The molecule has 0 unspecified atom stereocenters. The number of methoxy groups -OCH3 is 3. The van der Waals surface area contributed by atoms with E-state index in [4.69, 9.17) is 14.2 Å². The molecule has 154 valence electrons. The van der Waals surface area contributed by atoms with Crippen LogP contribution < -0.4 is 19.5 Å². The SMILES string of the molecule is COc1cc(CNc2cc(-c3ccc(F)cc3)nc3ccnn23)cc(OC)c1OC. The molecule has 0 amide bonds. The van der Waals surface area contributed by atoms with Gasteiger partial charge in [0.15, 0.2) is 17.1 Å². The molecule has 0 aliphatic rings. The number of halogens is 1. The standard InChI is InChI=1S/C22H21FN4O3/c1-28-18-10-14(11-19(29-2)22(18)30-3)13-24-21-12-17(15-4-6-16(23)7-5-15)26-20-8-9-25-27(20)21/h4-12,24H,13H2,1-3H3. The molecule has 0 aliphatic heterocycles. The Balaban J connectivity index is 1.67. The molecule has 0 radical (unpaired) electrons. The normalized spacial score (nSPS) is 10.8. The topological polar surface area (TPSA) is 69.9 Å². The van der Waals surface area contributed by atoms with Crippen LogP contribution in [-0.4, -0.2) is 35.9 Å². The van der Waals surface area contributed by atoms with E-state index in [1.54, 1.807) is 44.2 Å². The molecule has 4 rings (SSSR count). The van der Waals surface area contributed by atoms with Crippen LogP contribution in [0.3, 0.4) is 0 Å².